The van der Waals surface area contributed by atoms with E-state index < -0.39 is 11.9 Å². The van der Waals surface area contributed by atoms with Crippen LogP contribution in [0.5, 0.6) is 0 Å². The van der Waals surface area contributed by atoms with Crippen LogP contribution in [-0.4, -0.2) is 26.1 Å². The van der Waals surface area contributed by atoms with E-state index in [1.165, 1.54) is 18.3 Å². The van der Waals surface area contributed by atoms with Crippen LogP contribution >= 0.6 is 0 Å². The lowest BCUT2D eigenvalue weighted by molar-refractivity contribution is 0.102. The highest BCUT2D eigenvalue weighted by Crippen LogP contribution is 2.09. The minimum atomic E-state index is -0.834. The first-order chi connectivity index (χ1) is 9.65. The number of nitrogens with zero attached hydrogens (tertiary/aromatic N) is 4. The molecule has 0 atom stereocenters. The molecule has 2 aromatic heterocycles. The van der Waals surface area contributed by atoms with Gasteiger partial charge in [0.05, 0.1) is 17.0 Å². The Hall–Kier alpha value is -2.44. The fourth-order valence-corrected chi connectivity index (χ4v) is 1.72. The second-order valence-corrected chi connectivity index (χ2v) is 4.03. The van der Waals surface area contributed by atoms with Crippen molar-refractivity contribution in [2.45, 2.75) is 26.7 Å². The molecule has 0 unspecified atom stereocenters. The molecule has 104 valence electrons. The van der Waals surface area contributed by atoms with Crippen LogP contribution in [0.4, 0.5) is 10.3 Å². The minimum absolute atomic E-state index is 0.0623. The van der Waals surface area contributed by atoms with Gasteiger partial charge in [-0.2, -0.15) is 4.39 Å². The number of carbonyl (C=O) groups is 1. The summed E-state index contributed by atoms with van der Waals surface area (Å²) in [5, 5.41) is 10.2. The summed E-state index contributed by atoms with van der Waals surface area (Å²) in [6.07, 6.45) is 2.67. The Morgan fingerprint density at radius 1 is 1.25 bits per heavy atom. The zero-order valence-electron chi connectivity index (χ0n) is 11.2. The third-order valence-corrected chi connectivity index (χ3v) is 2.74. The number of hydrogen-bond acceptors (Lipinski definition) is 5. The monoisotopic (exact) mass is 275 g/mol. The first kappa shape index (κ1) is 14.0. The molecule has 2 rings (SSSR count). The number of anilines is 1. The van der Waals surface area contributed by atoms with Crippen LogP contribution < -0.4 is 5.32 Å². The summed E-state index contributed by atoms with van der Waals surface area (Å²) in [6.45, 7) is 3.89. The SMILES string of the molecule is CCc1nnc(NC(=O)c2cccnc2F)nc1CC. The number of aryl methyl sites for hydroxylation is 2. The molecule has 0 radical (unpaired) electrons. The molecule has 2 aromatic rings. The highest BCUT2D eigenvalue weighted by Gasteiger charge is 2.14. The standard InChI is InChI=1S/C13H14FN5O/c1-3-9-10(4-2)18-19-13(16-9)17-12(20)8-6-5-7-15-11(8)14/h5-7H,3-4H2,1-2H3,(H,16,17,19,20). The third kappa shape index (κ3) is 2.93. The van der Waals surface area contributed by atoms with Gasteiger partial charge in [0.25, 0.3) is 5.91 Å². The van der Waals surface area contributed by atoms with E-state index in [9.17, 15) is 9.18 Å². The van der Waals surface area contributed by atoms with E-state index in [1.54, 1.807) is 0 Å². The topological polar surface area (TPSA) is 80.7 Å². The summed E-state index contributed by atoms with van der Waals surface area (Å²) < 4.78 is 13.4. The Kier molecular flexibility index (Phi) is 4.29. The normalized spacial score (nSPS) is 10.3. The number of aromatic nitrogens is 4. The lowest BCUT2D eigenvalue weighted by Crippen LogP contribution is -2.18. The highest BCUT2D eigenvalue weighted by atomic mass is 19.1. The van der Waals surface area contributed by atoms with E-state index in [0.29, 0.717) is 12.8 Å². The van der Waals surface area contributed by atoms with Gasteiger partial charge in [0.2, 0.25) is 11.9 Å². The fourth-order valence-electron chi connectivity index (χ4n) is 1.72. The number of carbonyl (C=O) groups excluding carboxylic acids is 1. The number of halogens is 1. The maximum atomic E-state index is 13.4. The largest absolute Gasteiger partial charge is 0.289 e. The molecule has 0 aliphatic heterocycles. The number of pyridine rings is 1. The smallest absolute Gasteiger partial charge is 0.262 e. The van der Waals surface area contributed by atoms with Crippen molar-refractivity contribution in [1.29, 1.82) is 0 Å². The maximum Gasteiger partial charge on any atom is 0.262 e. The van der Waals surface area contributed by atoms with Crippen LogP contribution in [0.1, 0.15) is 35.6 Å². The average molecular weight is 275 g/mol. The second-order valence-electron chi connectivity index (χ2n) is 4.03. The van der Waals surface area contributed by atoms with Gasteiger partial charge in [-0.3, -0.25) is 10.1 Å². The Balaban J connectivity index is 2.22. The molecule has 0 bridgehead atoms. The van der Waals surface area contributed by atoms with Gasteiger partial charge in [-0.25, -0.2) is 9.97 Å². The zero-order chi connectivity index (χ0) is 14.5. The molecule has 0 fully saturated rings. The molecule has 0 saturated heterocycles. The van der Waals surface area contributed by atoms with Crippen molar-refractivity contribution < 1.29 is 9.18 Å². The third-order valence-electron chi connectivity index (χ3n) is 2.74. The van der Waals surface area contributed by atoms with Crippen molar-refractivity contribution in [2.24, 2.45) is 0 Å². The molecule has 6 nitrogen and oxygen atoms in total. The zero-order valence-corrected chi connectivity index (χ0v) is 11.2. The van der Waals surface area contributed by atoms with Crippen molar-refractivity contribution in [2.75, 3.05) is 5.32 Å². The van der Waals surface area contributed by atoms with Crippen molar-refractivity contribution in [3.05, 3.63) is 41.2 Å². The number of nitrogens with one attached hydrogen (secondary N) is 1. The predicted molar refractivity (Wildman–Crippen MR) is 70.7 cm³/mol. The lowest BCUT2D eigenvalue weighted by atomic mass is 10.2. The van der Waals surface area contributed by atoms with E-state index in [1.807, 2.05) is 13.8 Å². The van der Waals surface area contributed by atoms with Crippen molar-refractivity contribution in [3.63, 3.8) is 0 Å². The summed E-state index contributed by atoms with van der Waals surface area (Å²) in [5.74, 6) is -1.42. The molecule has 0 aromatic carbocycles. The predicted octanol–water partition coefficient (Wildman–Crippen LogP) is 1.78. The molecule has 2 heterocycles. The Labute approximate surface area is 115 Å². The van der Waals surface area contributed by atoms with E-state index in [4.69, 9.17) is 0 Å². The minimum Gasteiger partial charge on any atom is -0.289 e. The first-order valence-electron chi connectivity index (χ1n) is 6.30. The second kappa shape index (κ2) is 6.14. The summed E-state index contributed by atoms with van der Waals surface area (Å²) in [4.78, 5) is 19.5. The van der Waals surface area contributed by atoms with Crippen LogP contribution in [0.15, 0.2) is 18.3 Å². The van der Waals surface area contributed by atoms with Gasteiger partial charge in [0.15, 0.2) is 0 Å². The van der Waals surface area contributed by atoms with Crippen molar-refractivity contribution in [3.8, 4) is 0 Å². The molecular formula is C13H14FN5O. The molecule has 0 aliphatic rings. The van der Waals surface area contributed by atoms with E-state index in [-0.39, 0.29) is 11.5 Å². The summed E-state index contributed by atoms with van der Waals surface area (Å²) in [7, 11) is 0. The lowest BCUT2D eigenvalue weighted by Gasteiger charge is -2.07. The molecule has 7 heteroatoms. The molecule has 1 amide bonds. The number of amides is 1. The molecule has 0 saturated carbocycles. The molecule has 1 N–H and O–H groups in total. The van der Waals surface area contributed by atoms with Gasteiger partial charge in [-0.15, -0.1) is 10.2 Å². The fraction of sp³-hybridized carbons (Fsp3) is 0.308. The van der Waals surface area contributed by atoms with Gasteiger partial charge >= 0.3 is 0 Å². The van der Waals surface area contributed by atoms with Gasteiger partial charge in [-0.05, 0) is 25.0 Å². The molecule has 0 spiro atoms. The highest BCUT2D eigenvalue weighted by molar-refractivity contribution is 6.03. The summed E-state index contributed by atoms with van der Waals surface area (Å²) in [6, 6.07) is 2.82. The Morgan fingerprint density at radius 3 is 2.65 bits per heavy atom. The summed E-state index contributed by atoms with van der Waals surface area (Å²) in [5.41, 5.74) is 1.40. The number of rotatable bonds is 4. The van der Waals surface area contributed by atoms with Crippen molar-refractivity contribution >= 4 is 11.9 Å². The summed E-state index contributed by atoms with van der Waals surface area (Å²) >= 11 is 0. The van der Waals surface area contributed by atoms with Crippen LogP contribution in [-0.2, 0) is 12.8 Å². The van der Waals surface area contributed by atoms with E-state index >= 15 is 0 Å². The number of hydrogen-bond donors (Lipinski definition) is 1. The Bertz CT molecular complexity index is 632. The maximum absolute atomic E-state index is 13.4. The quantitative estimate of drug-likeness (QED) is 0.860. The van der Waals surface area contributed by atoms with Gasteiger partial charge < -0.3 is 0 Å². The van der Waals surface area contributed by atoms with Crippen molar-refractivity contribution in [1.82, 2.24) is 20.2 Å². The van der Waals surface area contributed by atoms with Crippen LogP contribution in [0, 0.1) is 5.95 Å². The van der Waals surface area contributed by atoms with Crippen LogP contribution in [0.2, 0.25) is 0 Å². The Morgan fingerprint density at radius 2 is 2.00 bits per heavy atom. The van der Waals surface area contributed by atoms with Gasteiger partial charge in [-0.1, -0.05) is 13.8 Å². The first-order valence-corrected chi connectivity index (χ1v) is 6.30. The van der Waals surface area contributed by atoms with E-state index in [2.05, 4.69) is 25.5 Å². The van der Waals surface area contributed by atoms with Gasteiger partial charge in [0.1, 0.15) is 0 Å². The molecule has 20 heavy (non-hydrogen) atoms. The van der Waals surface area contributed by atoms with Gasteiger partial charge in [0, 0.05) is 6.20 Å². The molecule has 0 aliphatic carbocycles. The van der Waals surface area contributed by atoms with E-state index in [0.717, 1.165) is 11.4 Å². The molecular weight excluding hydrogens is 261 g/mol. The average Bonchev–Trinajstić information content (AvgIpc) is 2.47. The van der Waals surface area contributed by atoms with Crippen LogP contribution in [0.25, 0.3) is 0 Å². The van der Waals surface area contributed by atoms with Crippen LogP contribution in [0.3, 0.4) is 0 Å².